The molecule has 0 unspecified atom stereocenters. The number of carbonyl (C=O) groups is 1. The van der Waals surface area contributed by atoms with Gasteiger partial charge >= 0.3 is 0 Å². The van der Waals surface area contributed by atoms with Gasteiger partial charge in [-0.3, -0.25) is 4.79 Å². The molecule has 1 N–H and O–H groups in total. The average molecular weight is 368 g/mol. The number of halogens is 2. The molecule has 0 fully saturated rings. The first kappa shape index (κ1) is 18.5. The molecule has 0 aliphatic heterocycles. The van der Waals surface area contributed by atoms with Crippen LogP contribution in [0.3, 0.4) is 0 Å². The van der Waals surface area contributed by atoms with Crippen LogP contribution in [0.4, 0.5) is 14.5 Å². The zero-order chi connectivity index (χ0) is 19.6. The quantitative estimate of drug-likeness (QED) is 0.662. The molecule has 1 heterocycles. The third kappa shape index (κ3) is 3.95. The number of benzene rings is 2. The van der Waals surface area contributed by atoms with Gasteiger partial charge in [-0.05, 0) is 53.9 Å². The number of aromatic nitrogens is 1. The minimum atomic E-state index is -0.594. The van der Waals surface area contributed by atoms with E-state index in [0.717, 1.165) is 5.56 Å². The molecule has 138 valence electrons. The molecule has 2 aromatic carbocycles. The topological polar surface area (TPSA) is 51.2 Å². The van der Waals surface area contributed by atoms with Crippen LogP contribution < -0.4 is 10.1 Å². The number of ether oxygens (including phenoxy) is 1. The number of aryl methyl sites for hydroxylation is 1. The van der Waals surface area contributed by atoms with E-state index in [1.54, 1.807) is 12.1 Å². The van der Waals surface area contributed by atoms with Crippen LogP contribution in [-0.4, -0.2) is 18.0 Å². The maximum absolute atomic E-state index is 14.4. The lowest BCUT2D eigenvalue weighted by molar-refractivity contribution is -0.114. The molecular weight excluding hydrogens is 350 g/mol. The van der Waals surface area contributed by atoms with E-state index in [9.17, 15) is 13.6 Å². The number of carbonyl (C=O) groups excluding carboxylic acids is 1. The molecule has 0 aliphatic rings. The zero-order valence-electron chi connectivity index (χ0n) is 15.1. The van der Waals surface area contributed by atoms with Crippen LogP contribution in [0.25, 0.3) is 22.3 Å². The smallest absolute Gasteiger partial charge is 0.221 e. The highest BCUT2D eigenvalue weighted by molar-refractivity contribution is 5.90. The number of rotatable bonds is 4. The number of nitrogens with one attached hydrogen (secondary N) is 1. The van der Waals surface area contributed by atoms with Crippen molar-refractivity contribution < 1.29 is 18.3 Å². The van der Waals surface area contributed by atoms with Crippen LogP contribution in [0.2, 0.25) is 0 Å². The molecule has 3 aromatic rings. The van der Waals surface area contributed by atoms with Crippen molar-refractivity contribution in [3.8, 4) is 28.0 Å². The number of hydrogen-bond acceptors (Lipinski definition) is 3. The van der Waals surface area contributed by atoms with Crippen LogP contribution in [0, 0.1) is 18.7 Å². The second-order valence-corrected chi connectivity index (χ2v) is 6.14. The molecule has 0 radical (unpaired) electrons. The summed E-state index contributed by atoms with van der Waals surface area (Å²) in [6.45, 7) is 3.21. The molecule has 0 saturated carbocycles. The predicted octanol–water partition coefficient (Wildman–Crippen LogP) is 4.97. The number of amides is 1. The van der Waals surface area contributed by atoms with E-state index >= 15 is 0 Å². The van der Waals surface area contributed by atoms with Gasteiger partial charge in [0, 0.05) is 30.3 Å². The Hall–Kier alpha value is -3.28. The minimum Gasteiger partial charge on any atom is -0.495 e. The third-order valence-corrected chi connectivity index (χ3v) is 4.07. The SMILES string of the molecule is COc1c(-c2ccnc(F)c2)cc(C)cc1-c1ccc(NC(C)=O)c(F)c1. The summed E-state index contributed by atoms with van der Waals surface area (Å²) in [5.74, 6) is -0.999. The fraction of sp³-hybridized carbons (Fsp3) is 0.143. The van der Waals surface area contributed by atoms with Gasteiger partial charge in [-0.25, -0.2) is 9.37 Å². The first-order chi connectivity index (χ1) is 12.9. The molecule has 0 bridgehead atoms. The van der Waals surface area contributed by atoms with Crippen LogP contribution in [0.1, 0.15) is 12.5 Å². The third-order valence-electron chi connectivity index (χ3n) is 4.07. The van der Waals surface area contributed by atoms with Crippen molar-refractivity contribution in [3.63, 3.8) is 0 Å². The molecule has 4 nitrogen and oxygen atoms in total. The standard InChI is InChI=1S/C21H18F2N2O2/c1-12-8-16(14-4-5-19(18(22)10-14)25-13(2)26)21(27-3)17(9-12)15-6-7-24-20(23)11-15/h4-11H,1-3H3,(H,25,26). The van der Waals surface area contributed by atoms with Crippen LogP contribution in [-0.2, 0) is 4.79 Å². The molecule has 0 spiro atoms. The summed E-state index contributed by atoms with van der Waals surface area (Å²) in [6.07, 6.45) is 1.38. The van der Waals surface area contributed by atoms with E-state index in [2.05, 4.69) is 10.3 Å². The van der Waals surface area contributed by atoms with E-state index in [-0.39, 0.29) is 11.6 Å². The second kappa shape index (κ2) is 7.53. The highest BCUT2D eigenvalue weighted by Gasteiger charge is 2.16. The van der Waals surface area contributed by atoms with Gasteiger partial charge in [0.05, 0.1) is 12.8 Å². The molecule has 0 atom stereocenters. The fourth-order valence-corrected chi connectivity index (χ4v) is 2.97. The Labute approximate surface area is 155 Å². The minimum absolute atomic E-state index is 0.106. The summed E-state index contributed by atoms with van der Waals surface area (Å²) >= 11 is 0. The van der Waals surface area contributed by atoms with Gasteiger partial charge in [0.15, 0.2) is 0 Å². The number of nitrogens with zero attached hydrogens (tertiary/aromatic N) is 1. The van der Waals surface area contributed by atoms with E-state index in [0.29, 0.717) is 28.0 Å². The number of hydrogen-bond donors (Lipinski definition) is 1. The summed E-state index contributed by atoms with van der Waals surface area (Å²) in [4.78, 5) is 14.7. The van der Waals surface area contributed by atoms with Crippen LogP contribution >= 0.6 is 0 Å². The summed E-state index contributed by atoms with van der Waals surface area (Å²) in [6, 6.07) is 11.3. The molecule has 1 amide bonds. The van der Waals surface area contributed by atoms with Gasteiger partial charge in [-0.15, -0.1) is 0 Å². The van der Waals surface area contributed by atoms with Gasteiger partial charge in [-0.2, -0.15) is 4.39 Å². The van der Waals surface area contributed by atoms with Gasteiger partial charge in [0.25, 0.3) is 0 Å². The Kier molecular flexibility index (Phi) is 5.16. The Morgan fingerprint density at radius 3 is 2.26 bits per heavy atom. The highest BCUT2D eigenvalue weighted by Crippen LogP contribution is 2.40. The molecule has 3 rings (SSSR count). The van der Waals surface area contributed by atoms with E-state index < -0.39 is 11.8 Å². The zero-order valence-corrected chi connectivity index (χ0v) is 15.1. The predicted molar refractivity (Wildman–Crippen MR) is 101 cm³/mol. The number of anilines is 1. The van der Waals surface area contributed by atoms with Crippen molar-refractivity contribution >= 4 is 11.6 Å². The average Bonchev–Trinajstić information content (AvgIpc) is 2.62. The number of methoxy groups -OCH3 is 1. The number of pyridine rings is 1. The van der Waals surface area contributed by atoms with E-state index in [4.69, 9.17) is 4.74 Å². The lowest BCUT2D eigenvalue weighted by atomic mass is 9.95. The highest BCUT2D eigenvalue weighted by atomic mass is 19.1. The molecule has 27 heavy (non-hydrogen) atoms. The lowest BCUT2D eigenvalue weighted by Crippen LogP contribution is -2.07. The Morgan fingerprint density at radius 2 is 1.70 bits per heavy atom. The Balaban J connectivity index is 2.16. The summed E-state index contributed by atoms with van der Waals surface area (Å²) in [5, 5.41) is 2.44. The van der Waals surface area contributed by atoms with Crippen molar-refractivity contribution in [2.75, 3.05) is 12.4 Å². The van der Waals surface area contributed by atoms with Crippen LogP contribution in [0.15, 0.2) is 48.7 Å². The lowest BCUT2D eigenvalue weighted by Gasteiger charge is -2.16. The molecule has 0 aliphatic carbocycles. The Bertz CT molecular complexity index is 1020. The summed E-state index contributed by atoms with van der Waals surface area (Å²) < 4.78 is 33.6. The summed E-state index contributed by atoms with van der Waals surface area (Å²) in [5.41, 5.74) is 3.55. The molecule has 6 heteroatoms. The van der Waals surface area contributed by atoms with Crippen molar-refractivity contribution in [2.45, 2.75) is 13.8 Å². The monoisotopic (exact) mass is 368 g/mol. The van der Waals surface area contributed by atoms with Crippen molar-refractivity contribution in [1.82, 2.24) is 4.98 Å². The normalized spacial score (nSPS) is 10.6. The van der Waals surface area contributed by atoms with E-state index in [1.165, 1.54) is 38.4 Å². The maximum Gasteiger partial charge on any atom is 0.221 e. The maximum atomic E-state index is 14.4. The van der Waals surface area contributed by atoms with E-state index in [1.807, 2.05) is 19.1 Å². The molecular formula is C21H18F2N2O2. The second-order valence-electron chi connectivity index (χ2n) is 6.14. The fourth-order valence-electron chi connectivity index (χ4n) is 2.97. The summed E-state index contributed by atoms with van der Waals surface area (Å²) in [7, 11) is 1.51. The first-order valence-corrected chi connectivity index (χ1v) is 8.27. The van der Waals surface area contributed by atoms with Crippen molar-refractivity contribution in [1.29, 1.82) is 0 Å². The largest absolute Gasteiger partial charge is 0.495 e. The van der Waals surface area contributed by atoms with Crippen LogP contribution in [0.5, 0.6) is 5.75 Å². The first-order valence-electron chi connectivity index (χ1n) is 8.27. The molecule has 0 saturated heterocycles. The van der Waals surface area contributed by atoms with Gasteiger partial charge < -0.3 is 10.1 Å². The van der Waals surface area contributed by atoms with Gasteiger partial charge in [-0.1, -0.05) is 6.07 Å². The Morgan fingerprint density at radius 1 is 1.04 bits per heavy atom. The van der Waals surface area contributed by atoms with Gasteiger partial charge in [0.2, 0.25) is 11.9 Å². The van der Waals surface area contributed by atoms with Crippen molar-refractivity contribution in [2.24, 2.45) is 0 Å². The van der Waals surface area contributed by atoms with Gasteiger partial charge in [0.1, 0.15) is 11.6 Å². The van der Waals surface area contributed by atoms with Crippen molar-refractivity contribution in [3.05, 3.63) is 66.0 Å². The molecule has 1 aromatic heterocycles.